The second-order valence-corrected chi connectivity index (χ2v) is 8.24. The minimum absolute atomic E-state index is 0. The third kappa shape index (κ3) is 2.76. The lowest BCUT2D eigenvalue weighted by Gasteiger charge is -2.59. The van der Waals surface area contributed by atoms with E-state index in [-0.39, 0.29) is 12.4 Å². The number of piperidine rings is 1. The summed E-state index contributed by atoms with van der Waals surface area (Å²) in [7, 11) is 0. The Bertz CT molecular complexity index is 760. The first-order valence-corrected chi connectivity index (χ1v) is 9.85. The Labute approximate surface area is 161 Å². The molecule has 1 aromatic heterocycles. The predicted molar refractivity (Wildman–Crippen MR) is 105 cm³/mol. The average Bonchev–Trinajstić information content (AvgIpc) is 3.15. The molecule has 26 heavy (non-hydrogen) atoms. The van der Waals surface area contributed by atoms with Gasteiger partial charge in [-0.1, -0.05) is 18.9 Å². The molecular weight excluding hydrogens is 346 g/mol. The maximum absolute atomic E-state index is 10.1. The minimum Gasteiger partial charge on any atom is -0.508 e. The number of halogens is 1. The first-order chi connectivity index (χ1) is 12.3. The van der Waals surface area contributed by atoms with E-state index in [4.69, 9.17) is 4.42 Å². The van der Waals surface area contributed by atoms with Gasteiger partial charge in [0.1, 0.15) is 11.5 Å². The lowest BCUT2D eigenvalue weighted by molar-refractivity contribution is -0.0112. The van der Waals surface area contributed by atoms with Crippen LogP contribution >= 0.6 is 12.4 Å². The molecule has 2 aliphatic carbocycles. The highest BCUT2D eigenvalue weighted by molar-refractivity contribution is 5.85. The van der Waals surface area contributed by atoms with Gasteiger partial charge < -0.3 is 9.52 Å². The van der Waals surface area contributed by atoms with Crippen molar-refractivity contribution < 1.29 is 9.52 Å². The van der Waals surface area contributed by atoms with Gasteiger partial charge in [-0.15, -0.1) is 12.4 Å². The molecule has 0 spiro atoms. The smallest absolute Gasteiger partial charge is 0.115 e. The molecule has 0 unspecified atom stereocenters. The lowest BCUT2D eigenvalue weighted by atomic mass is 9.52. The molecule has 4 heteroatoms. The van der Waals surface area contributed by atoms with Crippen molar-refractivity contribution in [3.63, 3.8) is 0 Å². The zero-order valence-electron chi connectivity index (χ0n) is 15.2. The van der Waals surface area contributed by atoms with Crippen LogP contribution in [0.25, 0.3) is 0 Å². The number of rotatable bonds is 3. The Balaban J connectivity index is 0.00000168. The van der Waals surface area contributed by atoms with Gasteiger partial charge >= 0.3 is 0 Å². The van der Waals surface area contributed by atoms with Crippen LogP contribution in [0.4, 0.5) is 0 Å². The number of nitrogens with zero attached hydrogens (tertiary/aromatic N) is 1. The summed E-state index contributed by atoms with van der Waals surface area (Å²) in [6.07, 6.45) is 10.5. The quantitative estimate of drug-likeness (QED) is 0.846. The van der Waals surface area contributed by atoms with Gasteiger partial charge in [0, 0.05) is 24.4 Å². The molecule has 3 atom stereocenters. The number of hydrogen-bond acceptors (Lipinski definition) is 3. The van der Waals surface area contributed by atoms with Crippen molar-refractivity contribution in [1.29, 1.82) is 0 Å². The van der Waals surface area contributed by atoms with Crippen LogP contribution < -0.4 is 0 Å². The Hall–Kier alpha value is -1.45. The van der Waals surface area contributed by atoms with Gasteiger partial charge in [-0.05, 0) is 73.5 Å². The van der Waals surface area contributed by atoms with Gasteiger partial charge in [-0.3, -0.25) is 4.90 Å². The zero-order chi connectivity index (χ0) is 16.9. The fourth-order valence-electron chi connectivity index (χ4n) is 6.06. The SMILES string of the molecule is Cl.Oc1ccc2c(c1)[C@@]13CCCC[C@H]1[C@@H](C2)N(CCc1ccco1)CC3. The van der Waals surface area contributed by atoms with E-state index in [1.54, 1.807) is 6.26 Å². The standard InChI is InChI=1S/C22H27NO2.ClH/c24-17-7-6-16-14-21-19-5-1-2-9-22(19,20(16)15-17)10-12-23(21)11-8-18-4-3-13-25-18;/h3-4,6-7,13,15,19,21,24H,1-2,5,8-12,14H2;1H/t19-,21+,22+;/m0./s1. The van der Waals surface area contributed by atoms with E-state index < -0.39 is 0 Å². The molecule has 2 heterocycles. The van der Waals surface area contributed by atoms with E-state index in [2.05, 4.69) is 23.1 Å². The highest BCUT2D eigenvalue weighted by Gasteiger charge is 2.53. The fourth-order valence-corrected chi connectivity index (χ4v) is 6.06. The van der Waals surface area contributed by atoms with Crippen LogP contribution in [0.5, 0.6) is 5.75 Å². The van der Waals surface area contributed by atoms with Gasteiger partial charge in [0.05, 0.1) is 6.26 Å². The number of aromatic hydroxyl groups is 1. The second kappa shape index (κ2) is 6.94. The normalized spacial score (nSPS) is 30.2. The van der Waals surface area contributed by atoms with Crippen molar-refractivity contribution in [3.8, 4) is 5.75 Å². The predicted octanol–water partition coefficient (Wildman–Crippen LogP) is 4.71. The molecule has 3 aliphatic rings. The summed E-state index contributed by atoms with van der Waals surface area (Å²) >= 11 is 0. The Morgan fingerprint density at radius 2 is 2.12 bits per heavy atom. The molecule has 2 bridgehead atoms. The first kappa shape index (κ1) is 17.9. The zero-order valence-corrected chi connectivity index (χ0v) is 16.0. The number of fused-ring (bicyclic) bond motifs is 1. The van der Waals surface area contributed by atoms with Gasteiger partial charge in [-0.25, -0.2) is 0 Å². The number of phenolic OH excluding ortho intramolecular Hbond substituents is 1. The van der Waals surface area contributed by atoms with Crippen LogP contribution in [0, 0.1) is 5.92 Å². The lowest BCUT2D eigenvalue weighted by Crippen LogP contribution is -2.61. The highest BCUT2D eigenvalue weighted by atomic mass is 35.5. The van der Waals surface area contributed by atoms with E-state index >= 15 is 0 Å². The van der Waals surface area contributed by atoms with Crippen LogP contribution in [0.15, 0.2) is 41.0 Å². The maximum Gasteiger partial charge on any atom is 0.115 e. The number of benzene rings is 1. The van der Waals surface area contributed by atoms with Gasteiger partial charge in [0.25, 0.3) is 0 Å². The van der Waals surface area contributed by atoms with Gasteiger partial charge in [0.2, 0.25) is 0 Å². The minimum atomic E-state index is 0. The molecule has 1 saturated heterocycles. The monoisotopic (exact) mass is 373 g/mol. The molecule has 1 N–H and O–H groups in total. The van der Waals surface area contributed by atoms with Crippen molar-refractivity contribution in [2.45, 2.75) is 56.4 Å². The molecule has 1 aromatic carbocycles. The van der Waals surface area contributed by atoms with E-state index in [0.717, 1.165) is 31.1 Å². The number of phenols is 1. The summed E-state index contributed by atoms with van der Waals surface area (Å²) in [6.45, 7) is 2.27. The summed E-state index contributed by atoms with van der Waals surface area (Å²) in [5.74, 6) is 2.29. The third-order valence-electron chi connectivity index (χ3n) is 7.16. The molecule has 3 nitrogen and oxygen atoms in total. The summed E-state index contributed by atoms with van der Waals surface area (Å²) in [5, 5.41) is 10.1. The van der Waals surface area contributed by atoms with Crippen LogP contribution in [0.1, 0.15) is 49.0 Å². The highest BCUT2D eigenvalue weighted by Crippen LogP contribution is 2.56. The summed E-state index contributed by atoms with van der Waals surface area (Å²) < 4.78 is 5.55. The van der Waals surface area contributed by atoms with E-state index in [9.17, 15) is 5.11 Å². The second-order valence-electron chi connectivity index (χ2n) is 8.24. The van der Waals surface area contributed by atoms with Crippen LogP contribution in [-0.4, -0.2) is 29.1 Å². The van der Waals surface area contributed by atoms with Crippen molar-refractivity contribution in [2.75, 3.05) is 13.1 Å². The largest absolute Gasteiger partial charge is 0.508 e. The number of furan rings is 1. The molecule has 1 aliphatic heterocycles. The van der Waals surface area contributed by atoms with E-state index in [0.29, 0.717) is 17.2 Å². The Morgan fingerprint density at radius 1 is 1.19 bits per heavy atom. The van der Waals surface area contributed by atoms with E-state index in [1.807, 2.05) is 12.1 Å². The Morgan fingerprint density at radius 3 is 2.96 bits per heavy atom. The fraction of sp³-hybridized carbons (Fsp3) is 0.545. The average molecular weight is 374 g/mol. The third-order valence-corrected chi connectivity index (χ3v) is 7.16. The molecule has 0 radical (unpaired) electrons. The van der Waals surface area contributed by atoms with Gasteiger partial charge in [-0.2, -0.15) is 0 Å². The molecule has 2 aromatic rings. The van der Waals surface area contributed by atoms with Gasteiger partial charge in [0.15, 0.2) is 0 Å². The van der Waals surface area contributed by atoms with E-state index in [1.165, 1.54) is 49.8 Å². The Kier molecular flexibility index (Phi) is 4.79. The van der Waals surface area contributed by atoms with Crippen molar-refractivity contribution >= 4 is 12.4 Å². The summed E-state index contributed by atoms with van der Waals surface area (Å²) in [4.78, 5) is 2.73. The van der Waals surface area contributed by atoms with Crippen LogP contribution in [-0.2, 0) is 18.3 Å². The van der Waals surface area contributed by atoms with Crippen molar-refractivity contribution in [2.24, 2.45) is 5.92 Å². The molecular formula is C22H28ClNO2. The molecule has 5 rings (SSSR count). The molecule has 0 amide bonds. The number of hydrogen-bond donors (Lipinski definition) is 1. The van der Waals surface area contributed by atoms with Crippen LogP contribution in [0.2, 0.25) is 0 Å². The maximum atomic E-state index is 10.1. The molecule has 140 valence electrons. The van der Waals surface area contributed by atoms with Crippen LogP contribution in [0.3, 0.4) is 0 Å². The molecule has 1 saturated carbocycles. The summed E-state index contributed by atoms with van der Waals surface area (Å²) in [6, 6.07) is 10.9. The summed E-state index contributed by atoms with van der Waals surface area (Å²) in [5.41, 5.74) is 3.26. The number of likely N-dealkylation sites (tertiary alicyclic amines) is 1. The topological polar surface area (TPSA) is 36.6 Å². The van der Waals surface area contributed by atoms with Crippen molar-refractivity contribution in [3.05, 3.63) is 53.5 Å². The van der Waals surface area contributed by atoms with Crippen molar-refractivity contribution in [1.82, 2.24) is 4.90 Å². The first-order valence-electron chi connectivity index (χ1n) is 9.85. The molecule has 2 fully saturated rings.